The van der Waals surface area contributed by atoms with Gasteiger partial charge in [0.05, 0.1) is 19.0 Å². The molecule has 0 saturated carbocycles. The van der Waals surface area contributed by atoms with Crippen LogP contribution in [0.4, 0.5) is 0 Å². The summed E-state index contributed by atoms with van der Waals surface area (Å²) < 4.78 is 4.95. The van der Waals surface area contributed by atoms with E-state index in [4.69, 9.17) is 0 Å². The Labute approximate surface area is 126 Å². The molecule has 0 aliphatic rings. The number of hydrogen-bond donors (Lipinski definition) is 0. The second-order valence-corrected chi connectivity index (χ2v) is 6.32. The highest BCUT2D eigenvalue weighted by Crippen LogP contribution is 2.12. The highest BCUT2D eigenvalue weighted by molar-refractivity contribution is 4.89. The summed E-state index contributed by atoms with van der Waals surface area (Å²) in [6.45, 7) is 11.5. The zero-order valence-corrected chi connectivity index (χ0v) is 14.2. The Balaban J connectivity index is 2.46. The first-order chi connectivity index (χ1) is 9.70. The lowest BCUT2D eigenvalue weighted by Gasteiger charge is -2.08. The molecule has 1 heterocycles. The number of aryl methyl sites for hydroxylation is 2. The average molecular weight is 279 g/mol. The second-order valence-electron chi connectivity index (χ2n) is 6.32. The fraction of sp³-hybridized carbons (Fsp3) is 0.833. The van der Waals surface area contributed by atoms with Gasteiger partial charge in [-0.25, -0.2) is 9.13 Å². The molecule has 0 spiro atoms. The van der Waals surface area contributed by atoms with Gasteiger partial charge in [0, 0.05) is 0 Å². The minimum Gasteiger partial charge on any atom is -0.234 e. The molecule has 0 radical (unpaired) electrons. The summed E-state index contributed by atoms with van der Waals surface area (Å²) in [5.41, 5.74) is 0. The largest absolute Gasteiger partial charge is 0.258 e. The van der Waals surface area contributed by atoms with Crippen molar-refractivity contribution in [1.82, 2.24) is 4.57 Å². The molecule has 0 atom stereocenters. The fourth-order valence-corrected chi connectivity index (χ4v) is 2.91. The van der Waals surface area contributed by atoms with Gasteiger partial charge in [-0.05, 0) is 19.3 Å². The van der Waals surface area contributed by atoms with E-state index in [0.29, 0.717) is 5.92 Å². The van der Waals surface area contributed by atoms with E-state index >= 15 is 0 Å². The van der Waals surface area contributed by atoms with E-state index in [1.165, 1.54) is 70.3 Å². The smallest absolute Gasteiger partial charge is 0.234 e. The number of rotatable bonds is 11. The lowest BCUT2D eigenvalue weighted by molar-refractivity contribution is -0.705. The van der Waals surface area contributed by atoms with Crippen LogP contribution in [-0.4, -0.2) is 4.57 Å². The van der Waals surface area contributed by atoms with Crippen molar-refractivity contribution in [2.75, 3.05) is 0 Å². The number of nitrogens with zero attached hydrogens (tertiary/aromatic N) is 2. The molecule has 0 aliphatic carbocycles. The molecule has 0 bridgehead atoms. The van der Waals surface area contributed by atoms with E-state index in [9.17, 15) is 0 Å². The molecular formula is C18H35N2+. The molecule has 0 aromatic carbocycles. The van der Waals surface area contributed by atoms with E-state index in [-0.39, 0.29) is 0 Å². The highest BCUT2D eigenvalue weighted by Gasteiger charge is 2.19. The quantitative estimate of drug-likeness (QED) is 0.395. The monoisotopic (exact) mass is 279 g/mol. The van der Waals surface area contributed by atoms with Crippen LogP contribution in [0.25, 0.3) is 0 Å². The fourth-order valence-electron chi connectivity index (χ4n) is 2.91. The first-order valence-corrected chi connectivity index (χ1v) is 8.79. The maximum absolute atomic E-state index is 2.49. The topological polar surface area (TPSA) is 8.81 Å². The Kier molecular flexibility index (Phi) is 8.64. The van der Waals surface area contributed by atoms with E-state index in [1.54, 1.807) is 0 Å². The van der Waals surface area contributed by atoms with Crippen LogP contribution in [0.5, 0.6) is 0 Å². The third kappa shape index (κ3) is 5.68. The second kappa shape index (κ2) is 10.0. The predicted octanol–water partition coefficient (Wildman–Crippen LogP) is 5.06. The molecule has 0 amide bonds. The molecule has 0 saturated heterocycles. The zero-order chi connectivity index (χ0) is 14.8. The lowest BCUT2D eigenvalue weighted by atomic mass is 10.1. The van der Waals surface area contributed by atoms with E-state index in [0.717, 1.165) is 0 Å². The molecule has 0 unspecified atom stereocenters. The van der Waals surface area contributed by atoms with Gasteiger partial charge in [0.15, 0.2) is 0 Å². The van der Waals surface area contributed by atoms with Crippen LogP contribution in [0.1, 0.15) is 90.8 Å². The summed E-state index contributed by atoms with van der Waals surface area (Å²) in [6, 6.07) is 0. The summed E-state index contributed by atoms with van der Waals surface area (Å²) in [5.74, 6) is 2.12. The van der Waals surface area contributed by atoms with Crippen LogP contribution in [0.2, 0.25) is 0 Å². The Hall–Kier alpha value is -0.790. The van der Waals surface area contributed by atoms with Crippen molar-refractivity contribution in [1.29, 1.82) is 0 Å². The van der Waals surface area contributed by atoms with Gasteiger partial charge < -0.3 is 0 Å². The van der Waals surface area contributed by atoms with Crippen molar-refractivity contribution >= 4 is 0 Å². The van der Waals surface area contributed by atoms with Crippen LogP contribution in [0.15, 0.2) is 12.4 Å². The molecule has 1 aromatic heterocycles. The number of imidazole rings is 1. The number of unbranched alkanes of at least 4 members (excludes halogenated alkanes) is 6. The maximum atomic E-state index is 2.49. The van der Waals surface area contributed by atoms with Crippen LogP contribution in [0.3, 0.4) is 0 Å². The van der Waals surface area contributed by atoms with Gasteiger partial charge in [0.25, 0.3) is 5.82 Å². The third-order valence-electron chi connectivity index (χ3n) is 4.04. The van der Waals surface area contributed by atoms with Crippen molar-refractivity contribution in [3.8, 4) is 0 Å². The van der Waals surface area contributed by atoms with Gasteiger partial charge in [0.1, 0.15) is 12.4 Å². The van der Waals surface area contributed by atoms with Crippen LogP contribution < -0.4 is 4.57 Å². The molecule has 0 fully saturated rings. The Bertz CT molecular complexity index is 352. The predicted molar refractivity (Wildman–Crippen MR) is 87.0 cm³/mol. The summed E-state index contributed by atoms with van der Waals surface area (Å²) in [6.07, 6.45) is 15.4. The van der Waals surface area contributed by atoms with Crippen molar-refractivity contribution < 1.29 is 4.57 Å². The van der Waals surface area contributed by atoms with Gasteiger partial charge in [-0.1, -0.05) is 59.8 Å². The average Bonchev–Trinajstić information content (AvgIpc) is 2.83. The normalized spacial score (nSPS) is 11.4. The summed E-state index contributed by atoms with van der Waals surface area (Å²) in [5, 5.41) is 0. The maximum Gasteiger partial charge on any atom is 0.258 e. The van der Waals surface area contributed by atoms with Gasteiger partial charge in [-0.3, -0.25) is 0 Å². The minimum absolute atomic E-state index is 0.613. The third-order valence-corrected chi connectivity index (χ3v) is 4.04. The first-order valence-electron chi connectivity index (χ1n) is 8.79. The van der Waals surface area contributed by atoms with E-state index in [2.05, 4.69) is 49.2 Å². The van der Waals surface area contributed by atoms with E-state index in [1.807, 2.05) is 0 Å². The van der Waals surface area contributed by atoms with Gasteiger partial charge in [-0.2, -0.15) is 0 Å². The van der Waals surface area contributed by atoms with Gasteiger partial charge in [-0.15, -0.1) is 0 Å². The van der Waals surface area contributed by atoms with Gasteiger partial charge >= 0.3 is 0 Å². The van der Waals surface area contributed by atoms with Crippen LogP contribution in [-0.2, 0) is 13.1 Å². The standard InChI is InChI=1S/C18H35N2/c1-5-7-9-10-11-12-14-20-16-15-19(13-8-6-2)18(20)17(3)4/h15-17H,5-14H2,1-4H3/q+1. The molecular weight excluding hydrogens is 244 g/mol. The highest BCUT2D eigenvalue weighted by atomic mass is 15.1. The number of aromatic nitrogens is 2. The Morgan fingerprint density at radius 1 is 0.950 bits per heavy atom. The van der Waals surface area contributed by atoms with Crippen LogP contribution >= 0.6 is 0 Å². The van der Waals surface area contributed by atoms with Crippen molar-refractivity contribution in [2.24, 2.45) is 0 Å². The number of hydrogen-bond acceptors (Lipinski definition) is 0. The molecule has 20 heavy (non-hydrogen) atoms. The molecule has 2 heteroatoms. The minimum atomic E-state index is 0.613. The first kappa shape index (κ1) is 17.3. The summed E-state index contributed by atoms with van der Waals surface area (Å²) >= 11 is 0. The van der Waals surface area contributed by atoms with Gasteiger partial charge in [0.2, 0.25) is 0 Å². The zero-order valence-electron chi connectivity index (χ0n) is 14.2. The summed E-state index contributed by atoms with van der Waals surface area (Å²) in [7, 11) is 0. The van der Waals surface area contributed by atoms with Crippen molar-refractivity contribution in [3.63, 3.8) is 0 Å². The molecule has 1 aromatic rings. The summed E-state index contributed by atoms with van der Waals surface area (Å²) in [4.78, 5) is 0. The molecule has 1 rings (SSSR count). The van der Waals surface area contributed by atoms with Crippen molar-refractivity contribution in [3.05, 3.63) is 18.2 Å². The Morgan fingerprint density at radius 3 is 2.25 bits per heavy atom. The Morgan fingerprint density at radius 2 is 1.60 bits per heavy atom. The molecule has 2 nitrogen and oxygen atoms in total. The molecule has 116 valence electrons. The lowest BCUT2D eigenvalue weighted by Crippen LogP contribution is -2.38. The molecule has 0 aliphatic heterocycles. The van der Waals surface area contributed by atoms with E-state index < -0.39 is 0 Å². The van der Waals surface area contributed by atoms with Crippen LogP contribution in [0, 0.1) is 0 Å². The molecule has 0 N–H and O–H groups in total. The SMILES string of the molecule is CCCCCCCC[n+]1ccn(CCCC)c1C(C)C. The van der Waals surface area contributed by atoms with Crippen molar-refractivity contribution in [2.45, 2.75) is 98.1 Å².